The van der Waals surface area contributed by atoms with Crippen LogP contribution >= 0.6 is 0 Å². The third-order valence-corrected chi connectivity index (χ3v) is 4.97. The van der Waals surface area contributed by atoms with E-state index in [9.17, 15) is 0 Å². The topological polar surface area (TPSA) is 3.01 Å². The molecule has 2 heteroatoms. The average Bonchev–Trinajstić information content (AvgIpc) is 2.99. The van der Waals surface area contributed by atoms with Crippen LogP contribution in [-0.4, -0.2) is 25.6 Å². The molecule has 3 atom stereocenters. The summed E-state index contributed by atoms with van der Waals surface area (Å²) in [5.41, 5.74) is 5.64. The Hall–Kier alpha value is -0.863. The monoisotopic (exact) mass is 243 g/mol. The molecule has 0 aromatic heterocycles. The Bertz CT molecular complexity index is 458. The normalized spacial score (nSPS) is 31.1. The van der Waals surface area contributed by atoms with Gasteiger partial charge in [0.05, 0.1) is 14.1 Å². The van der Waals surface area contributed by atoms with Gasteiger partial charge in [-0.15, -0.1) is 0 Å². The van der Waals surface area contributed by atoms with Gasteiger partial charge in [-0.3, -0.25) is 4.90 Å². The highest BCUT2D eigenvalue weighted by molar-refractivity contribution is 6.80. The molecular weight excluding hydrogens is 222 g/mol. The van der Waals surface area contributed by atoms with E-state index in [2.05, 4.69) is 60.6 Å². The van der Waals surface area contributed by atoms with Gasteiger partial charge in [-0.25, -0.2) is 0 Å². The van der Waals surface area contributed by atoms with Crippen LogP contribution in [0.5, 0.6) is 0 Å². The number of hydrogen-bond acceptors (Lipinski definition) is 1. The van der Waals surface area contributed by atoms with E-state index in [1.165, 1.54) is 13.0 Å². The Morgan fingerprint density at radius 2 is 2.00 bits per heavy atom. The van der Waals surface area contributed by atoms with Gasteiger partial charge in [-0.05, 0) is 17.5 Å². The minimum Gasteiger partial charge on any atom is -0.286 e. The summed E-state index contributed by atoms with van der Waals surface area (Å²) >= 11 is 0. The van der Waals surface area contributed by atoms with Gasteiger partial charge in [0.2, 0.25) is 0 Å². The van der Waals surface area contributed by atoms with Gasteiger partial charge in [-0.2, -0.15) is 0 Å². The van der Waals surface area contributed by atoms with Gasteiger partial charge >= 0.3 is 0 Å². The molecule has 0 saturated carbocycles. The molecular formula is C15H21NSi. The molecule has 1 aromatic carbocycles. The van der Waals surface area contributed by atoms with Crippen LogP contribution in [0.1, 0.15) is 17.2 Å². The number of fused-ring (bicyclic) bond motifs is 3. The summed E-state index contributed by atoms with van der Waals surface area (Å²) in [6.45, 7) is 8.44. The molecule has 0 N–H and O–H groups in total. The first-order chi connectivity index (χ1) is 8.06. The predicted octanol–water partition coefficient (Wildman–Crippen LogP) is 3.40. The van der Waals surface area contributed by atoms with Gasteiger partial charge in [0.15, 0.2) is 0 Å². The fourth-order valence-corrected chi connectivity index (χ4v) is 3.62. The van der Waals surface area contributed by atoms with Gasteiger partial charge in [0.1, 0.15) is 0 Å². The van der Waals surface area contributed by atoms with Crippen molar-refractivity contribution in [2.75, 3.05) is 6.54 Å². The van der Waals surface area contributed by atoms with Crippen LogP contribution in [0.25, 0.3) is 0 Å². The lowest BCUT2D eigenvalue weighted by Gasteiger charge is -2.14. The van der Waals surface area contributed by atoms with Crippen LogP contribution in [0.3, 0.4) is 0 Å². The van der Waals surface area contributed by atoms with E-state index in [1.807, 2.05) is 0 Å². The highest BCUT2D eigenvalue weighted by Gasteiger charge is 2.49. The van der Waals surface area contributed by atoms with Crippen LogP contribution in [-0.2, 0) is 6.42 Å². The zero-order chi connectivity index (χ0) is 12.0. The average molecular weight is 243 g/mol. The minimum atomic E-state index is -1.04. The summed E-state index contributed by atoms with van der Waals surface area (Å²) in [6.07, 6.45) is 3.70. The molecule has 2 aliphatic rings. The van der Waals surface area contributed by atoms with Crippen LogP contribution < -0.4 is 0 Å². The smallest absolute Gasteiger partial charge is 0.0683 e. The molecule has 1 aromatic rings. The maximum Gasteiger partial charge on any atom is 0.0683 e. The van der Waals surface area contributed by atoms with E-state index in [-0.39, 0.29) is 0 Å². The van der Waals surface area contributed by atoms with Crippen molar-refractivity contribution in [1.82, 2.24) is 4.90 Å². The molecule has 1 fully saturated rings. The number of rotatable bonds is 2. The van der Waals surface area contributed by atoms with Crippen LogP contribution in [0.4, 0.5) is 0 Å². The van der Waals surface area contributed by atoms with Crippen LogP contribution in [0.2, 0.25) is 19.6 Å². The number of nitrogens with zero attached hydrogens (tertiary/aromatic N) is 1. The first-order valence-electron chi connectivity index (χ1n) is 6.59. The first kappa shape index (κ1) is 11.2. The second kappa shape index (κ2) is 3.82. The molecule has 2 aliphatic heterocycles. The lowest BCUT2D eigenvalue weighted by atomic mass is 9.99. The Morgan fingerprint density at radius 1 is 1.24 bits per heavy atom. The molecule has 0 radical (unpaired) electrons. The first-order valence-corrected chi connectivity index (χ1v) is 10.2. The molecule has 1 saturated heterocycles. The Kier molecular flexibility index (Phi) is 2.53. The maximum absolute atomic E-state index is 2.62. The van der Waals surface area contributed by atoms with Crippen molar-refractivity contribution in [2.45, 2.75) is 38.1 Å². The zero-order valence-corrected chi connectivity index (χ0v) is 12.0. The SMILES string of the molecule is C[Si](C)(C)/C=C/[C@@H]1[C@@H]2c3ccccc3CCN12. The van der Waals surface area contributed by atoms with Gasteiger partial charge in [0.25, 0.3) is 0 Å². The van der Waals surface area contributed by atoms with Gasteiger partial charge < -0.3 is 0 Å². The molecule has 0 amide bonds. The summed E-state index contributed by atoms with van der Waals surface area (Å²) in [5.74, 6) is 0. The standard InChI is InChI=1S/C15H21NSi/c1-17(2,3)11-9-14-15-13-7-5-4-6-12(13)8-10-16(14)15/h4-7,9,11,14-15H,8,10H2,1-3H3/b11-9+/t14-,15+,16?/m1/s1. The Balaban J connectivity index is 1.81. The largest absolute Gasteiger partial charge is 0.286 e. The van der Waals surface area contributed by atoms with E-state index in [0.717, 1.165) is 0 Å². The van der Waals surface area contributed by atoms with E-state index in [4.69, 9.17) is 0 Å². The van der Waals surface area contributed by atoms with Gasteiger partial charge in [-0.1, -0.05) is 55.7 Å². The lowest BCUT2D eigenvalue weighted by Crippen LogP contribution is -2.16. The van der Waals surface area contributed by atoms with Crippen molar-refractivity contribution in [3.8, 4) is 0 Å². The van der Waals surface area contributed by atoms with E-state index >= 15 is 0 Å². The number of hydrogen-bond donors (Lipinski definition) is 0. The summed E-state index contributed by atoms with van der Waals surface area (Å²) < 4.78 is 0. The second-order valence-electron chi connectivity index (χ2n) is 6.35. The van der Waals surface area contributed by atoms with Crippen molar-refractivity contribution < 1.29 is 0 Å². The second-order valence-corrected chi connectivity index (χ2v) is 11.4. The summed E-state index contributed by atoms with van der Waals surface area (Å²) in [7, 11) is -1.04. The molecule has 1 nitrogen and oxygen atoms in total. The third-order valence-electron chi connectivity index (χ3n) is 3.78. The van der Waals surface area contributed by atoms with Crippen molar-refractivity contribution in [2.24, 2.45) is 0 Å². The Labute approximate surface area is 105 Å². The number of benzene rings is 1. The Morgan fingerprint density at radius 3 is 2.76 bits per heavy atom. The van der Waals surface area contributed by atoms with Crippen molar-refractivity contribution in [1.29, 1.82) is 0 Å². The summed E-state index contributed by atoms with van der Waals surface area (Å²) in [4.78, 5) is 2.62. The quantitative estimate of drug-likeness (QED) is 0.568. The molecule has 1 unspecified atom stereocenters. The minimum absolute atomic E-state index is 0.686. The lowest BCUT2D eigenvalue weighted by molar-refractivity contribution is 0.480. The van der Waals surface area contributed by atoms with Gasteiger partial charge in [0, 0.05) is 12.6 Å². The van der Waals surface area contributed by atoms with E-state index in [0.29, 0.717) is 12.1 Å². The van der Waals surface area contributed by atoms with E-state index < -0.39 is 8.07 Å². The van der Waals surface area contributed by atoms with Crippen molar-refractivity contribution in [3.05, 3.63) is 47.2 Å². The summed E-state index contributed by atoms with van der Waals surface area (Å²) in [6, 6.07) is 10.3. The molecule has 3 rings (SSSR count). The fourth-order valence-electron chi connectivity index (χ4n) is 2.85. The van der Waals surface area contributed by atoms with E-state index in [1.54, 1.807) is 11.1 Å². The third kappa shape index (κ3) is 2.12. The molecule has 0 bridgehead atoms. The molecule has 90 valence electrons. The predicted molar refractivity (Wildman–Crippen MR) is 75.9 cm³/mol. The maximum atomic E-state index is 2.62. The molecule has 0 aliphatic carbocycles. The zero-order valence-electron chi connectivity index (χ0n) is 11.0. The highest BCUT2D eigenvalue weighted by atomic mass is 28.3. The van der Waals surface area contributed by atoms with Crippen LogP contribution in [0.15, 0.2) is 36.0 Å². The van der Waals surface area contributed by atoms with Crippen molar-refractivity contribution >= 4 is 8.07 Å². The fraction of sp³-hybridized carbons (Fsp3) is 0.467. The molecule has 17 heavy (non-hydrogen) atoms. The molecule has 0 spiro atoms. The van der Waals surface area contributed by atoms with Crippen molar-refractivity contribution in [3.63, 3.8) is 0 Å². The summed E-state index contributed by atoms with van der Waals surface area (Å²) in [5, 5.41) is 0. The highest BCUT2D eigenvalue weighted by Crippen LogP contribution is 2.48. The van der Waals surface area contributed by atoms with Crippen LogP contribution in [0, 0.1) is 0 Å². The molecule has 2 heterocycles.